The number of ketones is 1. The van der Waals surface area contributed by atoms with Gasteiger partial charge in [-0.2, -0.15) is 0 Å². The predicted octanol–water partition coefficient (Wildman–Crippen LogP) is 1.86. The molecule has 1 rings (SSSR count). The summed E-state index contributed by atoms with van der Waals surface area (Å²) in [4.78, 5) is 23.5. The first-order valence-electron chi connectivity index (χ1n) is 5.97. The molecule has 0 saturated carbocycles. The number of amides is 1. The molecule has 1 amide bonds. The van der Waals surface area contributed by atoms with Crippen molar-refractivity contribution in [3.63, 3.8) is 0 Å². The van der Waals surface area contributed by atoms with Crippen LogP contribution in [0.1, 0.15) is 34.3 Å². The predicted molar refractivity (Wildman–Crippen MR) is 71.3 cm³/mol. The van der Waals surface area contributed by atoms with E-state index in [0.717, 1.165) is 11.1 Å². The molecule has 0 radical (unpaired) electrons. The lowest BCUT2D eigenvalue weighted by Crippen LogP contribution is -2.36. The zero-order chi connectivity index (χ0) is 13.7. The number of hydrogen-bond donors (Lipinski definition) is 1. The summed E-state index contributed by atoms with van der Waals surface area (Å²) < 4.78 is 0. The van der Waals surface area contributed by atoms with Gasteiger partial charge < -0.3 is 0 Å². The van der Waals surface area contributed by atoms with Crippen LogP contribution in [-0.4, -0.2) is 30.8 Å². The van der Waals surface area contributed by atoms with E-state index in [1.807, 2.05) is 32.0 Å². The van der Waals surface area contributed by atoms with E-state index >= 15 is 0 Å². The number of Topliss-reactive ketones (excluding diaryl/α,β-unsaturated/α-hetero) is 1. The second-order valence-electron chi connectivity index (χ2n) is 4.67. The lowest BCUT2D eigenvalue weighted by atomic mass is 9.99. The van der Waals surface area contributed by atoms with Gasteiger partial charge in [-0.1, -0.05) is 17.7 Å². The van der Waals surface area contributed by atoms with Gasteiger partial charge in [-0.05, 0) is 25.5 Å². The lowest BCUT2D eigenvalue weighted by molar-refractivity contribution is -0.124. The lowest BCUT2D eigenvalue weighted by Gasteiger charge is -2.11. The van der Waals surface area contributed by atoms with Crippen molar-refractivity contribution in [1.82, 2.24) is 10.4 Å². The Balaban J connectivity index is 2.60. The number of carbonyl (C=O) groups excluding carboxylic acids is 2. The second kappa shape index (κ2) is 6.31. The molecule has 0 heterocycles. The molecule has 0 spiro atoms. The molecule has 98 valence electrons. The standard InChI is InChI=1S/C14H20N2O2/c1-10-5-6-11(2)12(9-10)13(17)7-8-14(18)15-16(3)4/h5-6,9H,7-8H2,1-4H3,(H,15,18). The van der Waals surface area contributed by atoms with Crippen LogP contribution in [0, 0.1) is 13.8 Å². The Bertz CT molecular complexity index is 453. The fourth-order valence-corrected chi connectivity index (χ4v) is 1.70. The molecule has 0 saturated heterocycles. The van der Waals surface area contributed by atoms with Gasteiger partial charge in [0.2, 0.25) is 5.91 Å². The van der Waals surface area contributed by atoms with Crippen molar-refractivity contribution in [1.29, 1.82) is 0 Å². The van der Waals surface area contributed by atoms with Crippen LogP contribution >= 0.6 is 0 Å². The summed E-state index contributed by atoms with van der Waals surface area (Å²) in [6, 6.07) is 5.79. The average molecular weight is 248 g/mol. The monoisotopic (exact) mass is 248 g/mol. The molecule has 0 bridgehead atoms. The molecule has 0 aromatic heterocycles. The van der Waals surface area contributed by atoms with Crippen molar-refractivity contribution in [2.45, 2.75) is 26.7 Å². The Labute approximate surface area is 108 Å². The first-order valence-corrected chi connectivity index (χ1v) is 5.97. The van der Waals surface area contributed by atoms with Crippen LogP contribution in [-0.2, 0) is 4.79 Å². The van der Waals surface area contributed by atoms with E-state index in [0.29, 0.717) is 5.56 Å². The number of hydrazine groups is 1. The molecule has 4 nitrogen and oxygen atoms in total. The molecule has 0 aliphatic rings. The molecule has 1 N–H and O–H groups in total. The van der Waals surface area contributed by atoms with Gasteiger partial charge in [-0.25, -0.2) is 5.01 Å². The van der Waals surface area contributed by atoms with Gasteiger partial charge in [0.15, 0.2) is 5.78 Å². The van der Waals surface area contributed by atoms with Gasteiger partial charge >= 0.3 is 0 Å². The second-order valence-corrected chi connectivity index (χ2v) is 4.67. The van der Waals surface area contributed by atoms with E-state index in [1.165, 1.54) is 0 Å². The third-order valence-electron chi connectivity index (χ3n) is 2.62. The minimum absolute atomic E-state index is 0.0186. The number of rotatable bonds is 5. The molecule has 0 fully saturated rings. The fraction of sp³-hybridized carbons (Fsp3) is 0.429. The summed E-state index contributed by atoms with van der Waals surface area (Å²) in [5, 5.41) is 1.57. The largest absolute Gasteiger partial charge is 0.294 e. The number of nitrogens with one attached hydrogen (secondary N) is 1. The maximum atomic E-state index is 12.0. The summed E-state index contributed by atoms with van der Waals surface area (Å²) in [5.41, 5.74) is 5.35. The smallest absolute Gasteiger partial charge is 0.234 e. The Morgan fingerprint density at radius 3 is 2.44 bits per heavy atom. The first kappa shape index (κ1) is 14.4. The number of carbonyl (C=O) groups is 2. The van der Waals surface area contributed by atoms with Crippen molar-refractivity contribution in [2.75, 3.05) is 14.1 Å². The van der Waals surface area contributed by atoms with E-state index in [-0.39, 0.29) is 24.5 Å². The van der Waals surface area contributed by atoms with Gasteiger partial charge in [0.25, 0.3) is 0 Å². The minimum atomic E-state index is -0.140. The highest BCUT2D eigenvalue weighted by atomic mass is 16.2. The van der Waals surface area contributed by atoms with E-state index in [1.54, 1.807) is 19.1 Å². The van der Waals surface area contributed by atoms with E-state index < -0.39 is 0 Å². The molecule has 0 aliphatic carbocycles. The first-order chi connectivity index (χ1) is 8.40. The molecular formula is C14H20N2O2. The van der Waals surface area contributed by atoms with Crippen LogP contribution in [0.3, 0.4) is 0 Å². The number of hydrogen-bond acceptors (Lipinski definition) is 3. The van der Waals surface area contributed by atoms with Crippen LogP contribution in [0.15, 0.2) is 18.2 Å². The summed E-state index contributed by atoms with van der Waals surface area (Å²) in [6.45, 7) is 3.86. The van der Waals surface area contributed by atoms with Gasteiger partial charge in [-0.15, -0.1) is 0 Å². The van der Waals surface area contributed by atoms with Crippen LogP contribution in [0.2, 0.25) is 0 Å². The van der Waals surface area contributed by atoms with Crippen LogP contribution < -0.4 is 5.43 Å². The summed E-state index contributed by atoms with van der Waals surface area (Å²) >= 11 is 0. The van der Waals surface area contributed by atoms with E-state index in [4.69, 9.17) is 0 Å². The van der Waals surface area contributed by atoms with Gasteiger partial charge in [-0.3, -0.25) is 15.0 Å². The third-order valence-corrected chi connectivity index (χ3v) is 2.62. The summed E-state index contributed by atoms with van der Waals surface area (Å²) in [5.74, 6) is -0.122. The summed E-state index contributed by atoms with van der Waals surface area (Å²) in [6.07, 6.45) is 0.453. The van der Waals surface area contributed by atoms with Crippen LogP contribution in [0.25, 0.3) is 0 Å². The molecule has 1 aromatic rings. The van der Waals surface area contributed by atoms with Crippen LogP contribution in [0.5, 0.6) is 0 Å². The molecule has 0 atom stereocenters. The van der Waals surface area contributed by atoms with Crippen molar-refractivity contribution in [2.24, 2.45) is 0 Å². The van der Waals surface area contributed by atoms with Crippen molar-refractivity contribution >= 4 is 11.7 Å². The maximum Gasteiger partial charge on any atom is 0.234 e. The van der Waals surface area contributed by atoms with Gasteiger partial charge in [0.1, 0.15) is 0 Å². The quantitative estimate of drug-likeness (QED) is 0.639. The van der Waals surface area contributed by atoms with Gasteiger partial charge in [0.05, 0.1) is 0 Å². The van der Waals surface area contributed by atoms with Crippen molar-refractivity contribution in [3.8, 4) is 0 Å². The summed E-state index contributed by atoms with van der Waals surface area (Å²) in [7, 11) is 3.48. The Hall–Kier alpha value is -1.68. The number of aryl methyl sites for hydroxylation is 2. The molecular weight excluding hydrogens is 228 g/mol. The maximum absolute atomic E-state index is 12.0. The van der Waals surface area contributed by atoms with E-state index in [9.17, 15) is 9.59 Å². The fourth-order valence-electron chi connectivity index (χ4n) is 1.70. The Kier molecular flexibility index (Phi) is 5.04. The molecule has 1 aromatic carbocycles. The molecule has 4 heteroatoms. The third kappa shape index (κ3) is 4.30. The Morgan fingerprint density at radius 2 is 1.83 bits per heavy atom. The van der Waals surface area contributed by atoms with Crippen molar-refractivity contribution in [3.05, 3.63) is 34.9 Å². The van der Waals surface area contributed by atoms with Crippen LogP contribution in [0.4, 0.5) is 0 Å². The average Bonchev–Trinajstić information content (AvgIpc) is 2.28. The molecule has 0 aliphatic heterocycles. The molecule has 18 heavy (non-hydrogen) atoms. The van der Waals surface area contributed by atoms with Crippen molar-refractivity contribution < 1.29 is 9.59 Å². The minimum Gasteiger partial charge on any atom is -0.294 e. The zero-order valence-corrected chi connectivity index (χ0v) is 11.4. The number of benzene rings is 1. The van der Waals surface area contributed by atoms with Gasteiger partial charge in [0, 0.05) is 32.5 Å². The zero-order valence-electron chi connectivity index (χ0n) is 11.4. The number of nitrogens with zero attached hydrogens (tertiary/aromatic N) is 1. The normalized spacial score (nSPS) is 10.5. The highest BCUT2D eigenvalue weighted by Gasteiger charge is 2.11. The topological polar surface area (TPSA) is 49.4 Å². The SMILES string of the molecule is Cc1ccc(C)c(C(=O)CCC(=O)NN(C)C)c1. The molecule has 0 unspecified atom stereocenters. The Morgan fingerprint density at radius 1 is 1.17 bits per heavy atom. The highest BCUT2D eigenvalue weighted by molar-refractivity contribution is 5.99. The highest BCUT2D eigenvalue weighted by Crippen LogP contribution is 2.13. The van der Waals surface area contributed by atoms with E-state index in [2.05, 4.69) is 5.43 Å².